The average Bonchev–Trinajstić information content (AvgIpc) is 2.87. The van der Waals surface area contributed by atoms with Gasteiger partial charge in [-0.3, -0.25) is 0 Å². The number of hydrogen-bond acceptors (Lipinski definition) is 4. The summed E-state index contributed by atoms with van der Waals surface area (Å²) in [7, 11) is 0. The number of benzene rings is 1. The molecular formula is C14H14N2O2. The zero-order chi connectivity index (χ0) is 12.8. The highest BCUT2D eigenvalue weighted by molar-refractivity contribution is 5.39. The zero-order valence-electron chi connectivity index (χ0n) is 10.1. The Morgan fingerprint density at radius 1 is 1.06 bits per heavy atom. The minimum absolute atomic E-state index is 0.341. The molecular weight excluding hydrogens is 228 g/mol. The molecule has 0 unspecified atom stereocenters. The van der Waals surface area contributed by atoms with Crippen LogP contribution in [0, 0.1) is 0 Å². The number of hydrogen-bond donors (Lipinski definition) is 0. The van der Waals surface area contributed by atoms with Gasteiger partial charge >= 0.3 is 0 Å². The molecule has 1 fully saturated rings. The second-order valence-corrected chi connectivity index (χ2v) is 4.55. The predicted octanol–water partition coefficient (Wildman–Crippen LogP) is 2.63. The third-order valence-electron chi connectivity index (χ3n) is 3.51. The Bertz CT molecular complexity index is 503. The van der Waals surface area contributed by atoms with Gasteiger partial charge in [0.15, 0.2) is 0 Å². The molecule has 0 N–H and O–H groups in total. The van der Waals surface area contributed by atoms with E-state index in [4.69, 9.17) is 0 Å². The average molecular weight is 242 g/mol. The van der Waals surface area contributed by atoms with E-state index in [0.29, 0.717) is 6.54 Å². The van der Waals surface area contributed by atoms with Gasteiger partial charge in [-0.2, -0.15) is 4.99 Å². The van der Waals surface area contributed by atoms with Crippen molar-refractivity contribution in [2.45, 2.75) is 37.8 Å². The van der Waals surface area contributed by atoms with Crippen LogP contribution in [0.1, 0.15) is 36.8 Å². The molecule has 1 aromatic rings. The van der Waals surface area contributed by atoms with E-state index in [0.717, 1.165) is 36.8 Å². The van der Waals surface area contributed by atoms with Crippen LogP contribution in [0.5, 0.6) is 0 Å². The summed E-state index contributed by atoms with van der Waals surface area (Å²) in [5.41, 5.74) is 1.61. The first-order valence-electron chi connectivity index (χ1n) is 6.03. The van der Waals surface area contributed by atoms with E-state index < -0.39 is 0 Å². The number of isocyanates is 2. The van der Waals surface area contributed by atoms with E-state index in [9.17, 15) is 9.59 Å². The highest BCUT2D eigenvalue weighted by Crippen LogP contribution is 2.41. The fourth-order valence-corrected chi connectivity index (χ4v) is 2.56. The standard InChI is InChI=1S/C14H14N2O2/c17-10-15-9-12-3-5-13(6-4-12)14(16-11-18)7-1-2-8-14/h3-6H,1-2,7-9H2. The van der Waals surface area contributed by atoms with Crippen molar-refractivity contribution in [3.05, 3.63) is 35.4 Å². The maximum Gasteiger partial charge on any atom is 0.235 e. The van der Waals surface area contributed by atoms with Crippen molar-refractivity contribution < 1.29 is 9.59 Å². The molecule has 0 heterocycles. The van der Waals surface area contributed by atoms with Gasteiger partial charge in [-0.15, -0.1) is 0 Å². The smallest absolute Gasteiger partial charge is 0.211 e. The fraction of sp³-hybridized carbons (Fsp3) is 0.429. The summed E-state index contributed by atoms with van der Waals surface area (Å²) in [6.07, 6.45) is 7.19. The summed E-state index contributed by atoms with van der Waals surface area (Å²) >= 11 is 0. The van der Waals surface area contributed by atoms with Gasteiger partial charge in [0.05, 0.1) is 12.1 Å². The van der Waals surface area contributed by atoms with Crippen LogP contribution in [0.2, 0.25) is 0 Å². The van der Waals surface area contributed by atoms with Crippen molar-refractivity contribution in [2.24, 2.45) is 9.98 Å². The molecule has 0 radical (unpaired) electrons. The van der Waals surface area contributed by atoms with Crippen molar-refractivity contribution >= 4 is 12.2 Å². The van der Waals surface area contributed by atoms with E-state index in [2.05, 4.69) is 9.98 Å². The Balaban J connectivity index is 2.26. The molecule has 4 heteroatoms. The molecule has 1 aromatic carbocycles. The van der Waals surface area contributed by atoms with Crippen LogP contribution in [-0.2, 0) is 21.7 Å². The quantitative estimate of drug-likeness (QED) is 0.602. The van der Waals surface area contributed by atoms with E-state index in [-0.39, 0.29) is 5.54 Å². The number of carbonyl (C=O) groups excluding carboxylic acids is 2. The highest BCUT2D eigenvalue weighted by atomic mass is 16.1. The molecule has 18 heavy (non-hydrogen) atoms. The molecule has 0 atom stereocenters. The first-order valence-corrected chi connectivity index (χ1v) is 6.03. The number of aliphatic imine (C=N–C) groups is 2. The highest BCUT2D eigenvalue weighted by Gasteiger charge is 2.35. The Labute approximate surface area is 105 Å². The van der Waals surface area contributed by atoms with Gasteiger partial charge < -0.3 is 0 Å². The Morgan fingerprint density at radius 2 is 1.72 bits per heavy atom. The van der Waals surface area contributed by atoms with Crippen molar-refractivity contribution in [2.75, 3.05) is 0 Å². The van der Waals surface area contributed by atoms with Gasteiger partial charge in [0.25, 0.3) is 0 Å². The summed E-state index contributed by atoms with van der Waals surface area (Å²) in [6.45, 7) is 0.341. The topological polar surface area (TPSA) is 58.9 Å². The van der Waals surface area contributed by atoms with Crippen molar-refractivity contribution in [1.82, 2.24) is 0 Å². The van der Waals surface area contributed by atoms with Gasteiger partial charge in [0, 0.05) is 0 Å². The minimum atomic E-state index is -0.381. The van der Waals surface area contributed by atoms with Crippen LogP contribution in [0.4, 0.5) is 0 Å². The Kier molecular flexibility index (Phi) is 3.83. The van der Waals surface area contributed by atoms with Crippen molar-refractivity contribution in [3.63, 3.8) is 0 Å². The Hall–Kier alpha value is -2.02. The lowest BCUT2D eigenvalue weighted by atomic mass is 9.88. The number of nitrogens with zero attached hydrogens (tertiary/aromatic N) is 2. The lowest BCUT2D eigenvalue weighted by molar-refractivity contribution is 0.456. The summed E-state index contributed by atoms with van der Waals surface area (Å²) < 4.78 is 0. The van der Waals surface area contributed by atoms with Gasteiger partial charge in [-0.1, -0.05) is 37.1 Å². The van der Waals surface area contributed by atoms with Crippen LogP contribution in [-0.4, -0.2) is 12.2 Å². The molecule has 0 bridgehead atoms. The third kappa shape index (κ3) is 2.45. The molecule has 2 rings (SSSR count). The SMILES string of the molecule is O=C=NCc1ccc(C2(N=C=O)CCCC2)cc1. The van der Waals surface area contributed by atoms with Gasteiger partial charge in [0.1, 0.15) is 0 Å². The van der Waals surface area contributed by atoms with Crippen molar-refractivity contribution in [3.8, 4) is 0 Å². The second kappa shape index (κ2) is 5.54. The maximum absolute atomic E-state index is 10.6. The largest absolute Gasteiger partial charge is 0.235 e. The van der Waals surface area contributed by atoms with E-state index in [1.54, 1.807) is 6.08 Å². The lowest BCUT2D eigenvalue weighted by Crippen LogP contribution is -2.18. The fourth-order valence-electron chi connectivity index (χ4n) is 2.56. The van der Waals surface area contributed by atoms with Gasteiger partial charge in [0.2, 0.25) is 12.2 Å². The van der Waals surface area contributed by atoms with Crippen LogP contribution >= 0.6 is 0 Å². The first kappa shape index (κ1) is 12.4. The summed E-state index contributed by atoms with van der Waals surface area (Å²) in [5.74, 6) is 0. The summed E-state index contributed by atoms with van der Waals surface area (Å²) in [6, 6.07) is 7.75. The molecule has 0 aliphatic heterocycles. The maximum atomic E-state index is 10.6. The van der Waals surface area contributed by atoms with Crippen LogP contribution in [0.15, 0.2) is 34.3 Å². The molecule has 1 saturated carbocycles. The number of rotatable bonds is 4. The van der Waals surface area contributed by atoms with Crippen molar-refractivity contribution in [1.29, 1.82) is 0 Å². The molecule has 1 aliphatic rings. The third-order valence-corrected chi connectivity index (χ3v) is 3.51. The minimum Gasteiger partial charge on any atom is -0.211 e. The predicted molar refractivity (Wildman–Crippen MR) is 66.5 cm³/mol. The van der Waals surface area contributed by atoms with Crippen LogP contribution in [0.25, 0.3) is 0 Å². The van der Waals surface area contributed by atoms with Crippen LogP contribution < -0.4 is 0 Å². The molecule has 0 amide bonds. The van der Waals surface area contributed by atoms with E-state index in [1.807, 2.05) is 24.3 Å². The molecule has 1 aliphatic carbocycles. The molecule has 0 aromatic heterocycles. The van der Waals surface area contributed by atoms with Gasteiger partial charge in [-0.05, 0) is 24.0 Å². The molecule has 0 spiro atoms. The first-order chi connectivity index (χ1) is 8.80. The molecule has 0 saturated heterocycles. The van der Waals surface area contributed by atoms with E-state index in [1.165, 1.54) is 6.08 Å². The monoisotopic (exact) mass is 242 g/mol. The Morgan fingerprint density at radius 3 is 2.28 bits per heavy atom. The lowest BCUT2D eigenvalue weighted by Gasteiger charge is -2.22. The van der Waals surface area contributed by atoms with Crippen LogP contribution in [0.3, 0.4) is 0 Å². The van der Waals surface area contributed by atoms with E-state index >= 15 is 0 Å². The summed E-state index contributed by atoms with van der Waals surface area (Å²) in [5, 5.41) is 0. The van der Waals surface area contributed by atoms with Gasteiger partial charge in [-0.25, -0.2) is 14.6 Å². The normalized spacial score (nSPS) is 16.7. The molecule has 4 nitrogen and oxygen atoms in total. The second-order valence-electron chi connectivity index (χ2n) is 4.55. The summed E-state index contributed by atoms with van der Waals surface area (Å²) in [4.78, 5) is 28.2. The zero-order valence-corrected chi connectivity index (χ0v) is 10.1. The molecule has 92 valence electrons.